The Balaban J connectivity index is 1.83. The minimum Gasteiger partial charge on any atom is -0.449 e. The first-order chi connectivity index (χ1) is 14.9. The molecule has 31 heavy (non-hydrogen) atoms. The van der Waals surface area contributed by atoms with Crippen molar-refractivity contribution in [2.75, 3.05) is 5.32 Å². The van der Waals surface area contributed by atoms with E-state index >= 15 is 0 Å². The topological polar surface area (TPSA) is 86.2 Å². The lowest BCUT2D eigenvalue weighted by molar-refractivity contribution is -0.116. The number of nitrogens with zero attached hydrogens (tertiary/aromatic N) is 2. The average Bonchev–Trinajstić information content (AvgIpc) is 3.14. The minimum absolute atomic E-state index is 0.0723. The van der Waals surface area contributed by atoms with Crippen molar-refractivity contribution in [2.45, 2.75) is 39.8 Å². The lowest BCUT2D eigenvalue weighted by atomic mass is 10.2. The molecule has 1 amide bonds. The number of carbonyl (C=O) groups excluding carboxylic acids is 1. The zero-order valence-electron chi connectivity index (χ0n) is 17.3. The molecule has 0 aliphatic rings. The van der Waals surface area contributed by atoms with E-state index in [0.29, 0.717) is 33.6 Å². The maximum atomic E-state index is 13.2. The molecule has 2 aromatic heterocycles. The Bertz CT molecular complexity index is 1410. The Morgan fingerprint density at radius 3 is 2.65 bits per heavy atom. The van der Waals surface area contributed by atoms with Crippen LogP contribution >= 0.6 is 11.6 Å². The number of benzene rings is 2. The third kappa shape index (κ3) is 3.88. The summed E-state index contributed by atoms with van der Waals surface area (Å²) in [4.78, 5) is 39.0. The number of nitrogens with one attached hydrogen (secondary N) is 1. The van der Waals surface area contributed by atoms with Crippen molar-refractivity contribution in [3.05, 3.63) is 73.9 Å². The minimum atomic E-state index is -0.533. The van der Waals surface area contributed by atoms with Crippen LogP contribution in [0.25, 0.3) is 22.1 Å². The van der Waals surface area contributed by atoms with Gasteiger partial charge < -0.3 is 9.73 Å². The van der Waals surface area contributed by atoms with Crippen LogP contribution in [-0.4, -0.2) is 15.0 Å². The normalized spacial score (nSPS) is 11.3. The molecule has 0 aliphatic carbocycles. The lowest BCUT2D eigenvalue weighted by Crippen LogP contribution is -2.41. The molecule has 7 nitrogen and oxygen atoms in total. The molecule has 8 heteroatoms. The van der Waals surface area contributed by atoms with Crippen LogP contribution < -0.4 is 16.6 Å². The molecular formula is C23H22ClN3O4. The van der Waals surface area contributed by atoms with E-state index in [-0.39, 0.29) is 18.7 Å². The molecule has 0 aliphatic heterocycles. The quantitative estimate of drug-likeness (QED) is 0.485. The molecule has 0 fully saturated rings. The molecule has 4 aromatic rings. The van der Waals surface area contributed by atoms with Gasteiger partial charge >= 0.3 is 5.69 Å². The molecule has 0 atom stereocenters. The summed E-state index contributed by atoms with van der Waals surface area (Å²) >= 11 is 6.14. The zero-order valence-corrected chi connectivity index (χ0v) is 18.0. The van der Waals surface area contributed by atoms with Gasteiger partial charge in [0.25, 0.3) is 5.56 Å². The molecule has 160 valence electrons. The maximum absolute atomic E-state index is 13.2. The molecule has 0 saturated heterocycles. The van der Waals surface area contributed by atoms with Gasteiger partial charge in [-0.25, -0.2) is 4.79 Å². The number of amides is 1. The van der Waals surface area contributed by atoms with Crippen LogP contribution in [0.4, 0.5) is 5.69 Å². The number of aryl methyl sites for hydroxylation is 1. The number of anilines is 1. The van der Waals surface area contributed by atoms with Gasteiger partial charge in [0.1, 0.15) is 17.6 Å². The number of rotatable bonds is 6. The second-order valence-corrected chi connectivity index (χ2v) is 7.87. The summed E-state index contributed by atoms with van der Waals surface area (Å²) in [5.41, 5.74) is 1.30. The fourth-order valence-corrected chi connectivity index (χ4v) is 3.75. The first-order valence-corrected chi connectivity index (χ1v) is 10.5. The third-order valence-electron chi connectivity index (χ3n) is 5.23. The fraction of sp³-hybridized carbons (Fsp3) is 0.261. The van der Waals surface area contributed by atoms with E-state index in [4.69, 9.17) is 16.0 Å². The van der Waals surface area contributed by atoms with Crippen molar-refractivity contribution in [3.63, 3.8) is 0 Å². The van der Waals surface area contributed by atoms with Gasteiger partial charge in [-0.15, -0.1) is 0 Å². The van der Waals surface area contributed by atoms with Crippen molar-refractivity contribution in [1.29, 1.82) is 0 Å². The summed E-state index contributed by atoms with van der Waals surface area (Å²) in [5, 5.41) is 3.91. The smallest absolute Gasteiger partial charge is 0.332 e. The van der Waals surface area contributed by atoms with Gasteiger partial charge in [-0.3, -0.25) is 18.7 Å². The number of para-hydroxylation sites is 1. The Morgan fingerprint density at radius 1 is 1.13 bits per heavy atom. The van der Waals surface area contributed by atoms with Crippen LogP contribution in [0.5, 0.6) is 0 Å². The van der Waals surface area contributed by atoms with Crippen LogP contribution in [-0.2, 0) is 17.9 Å². The van der Waals surface area contributed by atoms with Crippen molar-refractivity contribution < 1.29 is 9.21 Å². The van der Waals surface area contributed by atoms with Gasteiger partial charge in [0.05, 0.1) is 0 Å². The highest BCUT2D eigenvalue weighted by Gasteiger charge is 2.21. The van der Waals surface area contributed by atoms with Gasteiger partial charge in [-0.05, 0) is 43.2 Å². The van der Waals surface area contributed by atoms with E-state index in [2.05, 4.69) is 5.32 Å². The molecule has 0 unspecified atom stereocenters. The summed E-state index contributed by atoms with van der Waals surface area (Å²) in [6.07, 6.45) is 1.48. The van der Waals surface area contributed by atoms with Crippen molar-refractivity contribution in [2.24, 2.45) is 0 Å². The number of halogens is 1. The second kappa shape index (κ2) is 8.43. The first kappa shape index (κ1) is 20.9. The van der Waals surface area contributed by atoms with E-state index in [0.717, 1.165) is 16.6 Å². The third-order valence-corrected chi connectivity index (χ3v) is 5.64. The standard InChI is InChI=1S/C23H22ClN3O4/c1-3-4-11-26-22(29)21-20(16-7-5-6-8-18(16)31-21)27(23(26)30)13-19(28)25-15-10-9-14(2)17(24)12-15/h5-10,12H,3-4,11,13H2,1-2H3,(H,25,28). The van der Waals surface area contributed by atoms with Crippen LogP contribution in [0.15, 0.2) is 56.5 Å². The largest absolute Gasteiger partial charge is 0.449 e. The molecule has 4 rings (SSSR count). The maximum Gasteiger partial charge on any atom is 0.332 e. The lowest BCUT2D eigenvalue weighted by Gasteiger charge is -2.12. The average molecular weight is 440 g/mol. The predicted octanol–water partition coefficient (Wildman–Crippen LogP) is 4.31. The molecule has 0 bridgehead atoms. The molecule has 2 aromatic carbocycles. The van der Waals surface area contributed by atoms with Gasteiger partial charge in [-0.1, -0.05) is 43.1 Å². The first-order valence-electron chi connectivity index (χ1n) is 10.1. The molecule has 2 heterocycles. The van der Waals surface area contributed by atoms with Crippen LogP contribution in [0.2, 0.25) is 5.02 Å². The Hall–Kier alpha value is -3.32. The molecule has 0 saturated carbocycles. The number of hydrogen-bond acceptors (Lipinski definition) is 4. The Morgan fingerprint density at radius 2 is 1.90 bits per heavy atom. The van der Waals surface area contributed by atoms with Crippen molar-refractivity contribution in [3.8, 4) is 0 Å². The Labute approximate surface area is 182 Å². The summed E-state index contributed by atoms with van der Waals surface area (Å²) in [5.74, 6) is -0.408. The molecule has 0 radical (unpaired) electrons. The van der Waals surface area contributed by atoms with Crippen LogP contribution in [0, 0.1) is 6.92 Å². The molecular weight excluding hydrogens is 418 g/mol. The number of unbranched alkanes of at least 4 members (excludes halogenated alkanes) is 1. The highest BCUT2D eigenvalue weighted by molar-refractivity contribution is 6.31. The number of carbonyl (C=O) groups is 1. The fourth-order valence-electron chi connectivity index (χ4n) is 3.57. The summed E-state index contributed by atoms with van der Waals surface area (Å²) in [7, 11) is 0. The zero-order chi connectivity index (χ0) is 22.1. The molecule has 1 N–H and O–H groups in total. The molecule has 0 spiro atoms. The predicted molar refractivity (Wildman–Crippen MR) is 122 cm³/mol. The SMILES string of the molecule is CCCCn1c(=O)c2oc3ccccc3c2n(CC(=O)Nc2ccc(C)c(Cl)c2)c1=O. The number of hydrogen-bond donors (Lipinski definition) is 1. The van der Waals surface area contributed by atoms with Gasteiger partial charge in [-0.2, -0.15) is 0 Å². The van der Waals surface area contributed by atoms with E-state index in [1.807, 2.05) is 13.8 Å². The van der Waals surface area contributed by atoms with Crippen molar-refractivity contribution in [1.82, 2.24) is 9.13 Å². The summed E-state index contributed by atoms with van der Waals surface area (Å²) in [6.45, 7) is 3.84. The number of aromatic nitrogens is 2. The van der Waals surface area contributed by atoms with E-state index in [9.17, 15) is 14.4 Å². The Kier molecular flexibility index (Phi) is 5.69. The highest BCUT2D eigenvalue weighted by Crippen LogP contribution is 2.26. The summed E-state index contributed by atoms with van der Waals surface area (Å²) < 4.78 is 8.24. The second-order valence-electron chi connectivity index (χ2n) is 7.47. The van der Waals surface area contributed by atoms with Gasteiger partial charge in [0.15, 0.2) is 0 Å². The van der Waals surface area contributed by atoms with Crippen molar-refractivity contribution >= 4 is 45.3 Å². The van der Waals surface area contributed by atoms with E-state index in [1.165, 1.54) is 4.57 Å². The van der Waals surface area contributed by atoms with Gasteiger partial charge in [0.2, 0.25) is 11.5 Å². The van der Waals surface area contributed by atoms with Crippen LogP contribution in [0.3, 0.4) is 0 Å². The number of fused-ring (bicyclic) bond motifs is 3. The monoisotopic (exact) mass is 439 g/mol. The highest BCUT2D eigenvalue weighted by atomic mass is 35.5. The number of furan rings is 1. The van der Waals surface area contributed by atoms with E-state index < -0.39 is 17.2 Å². The summed E-state index contributed by atoms with van der Waals surface area (Å²) in [6, 6.07) is 12.3. The van der Waals surface area contributed by atoms with E-state index in [1.54, 1.807) is 42.5 Å². The van der Waals surface area contributed by atoms with Crippen LogP contribution in [0.1, 0.15) is 25.3 Å². The van der Waals surface area contributed by atoms with Gasteiger partial charge in [0, 0.05) is 22.6 Å².